The first-order chi connectivity index (χ1) is 6.17. The Morgan fingerprint density at radius 2 is 2.23 bits per heavy atom. The SMILES string of the molecule is C=CC(=O)c1cc(Cl)cc(OC)c1. The van der Waals surface area contributed by atoms with Crippen molar-refractivity contribution in [1.82, 2.24) is 0 Å². The molecule has 68 valence electrons. The first-order valence-corrected chi connectivity index (χ1v) is 4.06. The summed E-state index contributed by atoms with van der Waals surface area (Å²) in [5.74, 6) is 0.401. The first-order valence-electron chi connectivity index (χ1n) is 3.68. The van der Waals surface area contributed by atoms with Crippen molar-refractivity contribution in [1.29, 1.82) is 0 Å². The van der Waals surface area contributed by atoms with Crippen LogP contribution in [-0.2, 0) is 0 Å². The monoisotopic (exact) mass is 196 g/mol. The molecule has 0 N–H and O–H groups in total. The van der Waals surface area contributed by atoms with Crippen molar-refractivity contribution >= 4 is 17.4 Å². The minimum Gasteiger partial charge on any atom is -0.497 e. The van der Waals surface area contributed by atoms with Gasteiger partial charge in [-0.25, -0.2) is 0 Å². The molecule has 0 aliphatic rings. The van der Waals surface area contributed by atoms with Crippen molar-refractivity contribution < 1.29 is 9.53 Å². The van der Waals surface area contributed by atoms with E-state index in [1.807, 2.05) is 0 Å². The first kappa shape index (κ1) is 9.81. The zero-order valence-corrected chi connectivity index (χ0v) is 7.97. The van der Waals surface area contributed by atoms with Gasteiger partial charge in [0.05, 0.1) is 7.11 Å². The zero-order chi connectivity index (χ0) is 9.84. The molecule has 1 aromatic rings. The predicted molar refractivity (Wildman–Crippen MR) is 52.5 cm³/mol. The Balaban J connectivity index is 3.15. The van der Waals surface area contributed by atoms with E-state index in [0.29, 0.717) is 16.3 Å². The van der Waals surface area contributed by atoms with Gasteiger partial charge >= 0.3 is 0 Å². The van der Waals surface area contributed by atoms with Crippen molar-refractivity contribution in [2.45, 2.75) is 0 Å². The molecule has 0 aliphatic heterocycles. The van der Waals surface area contributed by atoms with Crippen molar-refractivity contribution in [3.63, 3.8) is 0 Å². The minimum absolute atomic E-state index is 0.166. The molecule has 0 heterocycles. The van der Waals surface area contributed by atoms with Gasteiger partial charge in [-0.05, 0) is 24.3 Å². The van der Waals surface area contributed by atoms with Gasteiger partial charge in [0.1, 0.15) is 5.75 Å². The van der Waals surface area contributed by atoms with Crippen LogP contribution in [0.1, 0.15) is 10.4 Å². The van der Waals surface area contributed by atoms with Crippen LogP contribution in [0.5, 0.6) is 5.75 Å². The molecule has 0 aromatic heterocycles. The van der Waals surface area contributed by atoms with E-state index >= 15 is 0 Å². The third kappa shape index (κ3) is 2.33. The maximum absolute atomic E-state index is 11.2. The maximum atomic E-state index is 11.2. The van der Waals surface area contributed by atoms with Crippen LogP contribution in [-0.4, -0.2) is 12.9 Å². The van der Waals surface area contributed by atoms with E-state index < -0.39 is 0 Å². The number of hydrogen-bond acceptors (Lipinski definition) is 2. The molecular weight excluding hydrogens is 188 g/mol. The lowest BCUT2D eigenvalue weighted by Crippen LogP contribution is -1.94. The Morgan fingerprint density at radius 3 is 2.77 bits per heavy atom. The van der Waals surface area contributed by atoms with Gasteiger partial charge < -0.3 is 4.74 Å². The normalized spacial score (nSPS) is 9.38. The molecule has 0 spiro atoms. The molecule has 13 heavy (non-hydrogen) atoms. The average Bonchev–Trinajstić information content (AvgIpc) is 2.15. The lowest BCUT2D eigenvalue weighted by atomic mass is 10.1. The van der Waals surface area contributed by atoms with Gasteiger partial charge in [-0.1, -0.05) is 18.2 Å². The van der Waals surface area contributed by atoms with Gasteiger partial charge in [-0.15, -0.1) is 0 Å². The molecule has 1 rings (SSSR count). The Kier molecular flexibility index (Phi) is 3.09. The Hall–Kier alpha value is -1.28. The lowest BCUT2D eigenvalue weighted by Gasteiger charge is -2.02. The molecule has 2 nitrogen and oxygen atoms in total. The average molecular weight is 197 g/mol. The van der Waals surface area contributed by atoms with Gasteiger partial charge in [0, 0.05) is 10.6 Å². The molecule has 0 radical (unpaired) electrons. The lowest BCUT2D eigenvalue weighted by molar-refractivity contribution is 0.104. The fraction of sp³-hybridized carbons (Fsp3) is 0.100. The number of carbonyl (C=O) groups is 1. The minimum atomic E-state index is -0.166. The molecule has 0 saturated carbocycles. The summed E-state index contributed by atoms with van der Waals surface area (Å²) in [5, 5.41) is 0.476. The zero-order valence-electron chi connectivity index (χ0n) is 7.21. The number of ether oxygens (including phenoxy) is 1. The fourth-order valence-electron chi connectivity index (χ4n) is 0.941. The van der Waals surface area contributed by atoms with E-state index in [9.17, 15) is 4.79 Å². The summed E-state index contributed by atoms with van der Waals surface area (Å²) in [6.07, 6.45) is 1.24. The predicted octanol–water partition coefficient (Wildman–Crippen LogP) is 2.72. The molecule has 0 aliphatic carbocycles. The van der Waals surface area contributed by atoms with Crippen molar-refractivity contribution in [3.8, 4) is 5.75 Å². The summed E-state index contributed by atoms with van der Waals surface area (Å²) in [6.45, 7) is 3.39. The third-order valence-corrected chi connectivity index (χ3v) is 1.80. The van der Waals surface area contributed by atoms with Crippen LogP contribution in [0.4, 0.5) is 0 Å². The van der Waals surface area contributed by atoms with Crippen LogP contribution >= 0.6 is 11.6 Å². The van der Waals surface area contributed by atoms with Gasteiger partial charge in [0.2, 0.25) is 0 Å². The Morgan fingerprint density at radius 1 is 1.54 bits per heavy atom. The van der Waals surface area contributed by atoms with Crippen LogP contribution in [0.25, 0.3) is 0 Å². The number of rotatable bonds is 3. The van der Waals surface area contributed by atoms with Gasteiger partial charge in [0.15, 0.2) is 5.78 Å². The van der Waals surface area contributed by atoms with Crippen molar-refractivity contribution in [2.24, 2.45) is 0 Å². The quantitative estimate of drug-likeness (QED) is 0.549. The van der Waals surface area contributed by atoms with E-state index in [-0.39, 0.29) is 5.78 Å². The van der Waals surface area contributed by atoms with Crippen molar-refractivity contribution in [2.75, 3.05) is 7.11 Å². The largest absolute Gasteiger partial charge is 0.497 e. The van der Waals surface area contributed by atoms with Gasteiger partial charge in [-0.2, -0.15) is 0 Å². The smallest absolute Gasteiger partial charge is 0.185 e. The summed E-state index contributed by atoms with van der Waals surface area (Å²) in [6, 6.07) is 4.84. The standard InChI is InChI=1S/C10H9ClO2/c1-3-10(12)7-4-8(11)6-9(5-7)13-2/h3-6H,1H2,2H3. The van der Waals surface area contributed by atoms with E-state index in [2.05, 4.69) is 6.58 Å². The highest BCUT2D eigenvalue weighted by molar-refractivity contribution is 6.31. The summed E-state index contributed by atoms with van der Waals surface area (Å²) in [5.41, 5.74) is 0.486. The molecule has 0 amide bonds. The molecule has 1 aromatic carbocycles. The molecule has 0 fully saturated rings. The van der Waals surface area contributed by atoms with Crippen molar-refractivity contribution in [3.05, 3.63) is 41.4 Å². The summed E-state index contributed by atoms with van der Waals surface area (Å²) in [7, 11) is 1.52. The third-order valence-electron chi connectivity index (χ3n) is 1.58. The Labute approximate surface area is 81.8 Å². The highest BCUT2D eigenvalue weighted by atomic mass is 35.5. The molecule has 0 bridgehead atoms. The number of allylic oxidation sites excluding steroid dienone is 1. The molecule has 0 saturated heterocycles. The highest BCUT2D eigenvalue weighted by Gasteiger charge is 2.04. The topological polar surface area (TPSA) is 26.3 Å². The maximum Gasteiger partial charge on any atom is 0.185 e. The van der Waals surface area contributed by atoms with Crippen LogP contribution < -0.4 is 4.74 Å². The fourth-order valence-corrected chi connectivity index (χ4v) is 1.17. The number of carbonyl (C=O) groups excluding carboxylic acids is 1. The molecule has 3 heteroatoms. The molecule has 0 unspecified atom stereocenters. The Bertz CT molecular complexity index is 345. The summed E-state index contributed by atoms with van der Waals surface area (Å²) in [4.78, 5) is 11.2. The van der Waals surface area contributed by atoms with Crippen LogP contribution in [0.15, 0.2) is 30.9 Å². The number of halogens is 1. The molecular formula is C10H9ClO2. The van der Waals surface area contributed by atoms with E-state index in [1.54, 1.807) is 18.2 Å². The highest BCUT2D eigenvalue weighted by Crippen LogP contribution is 2.21. The van der Waals surface area contributed by atoms with Crippen LogP contribution in [0, 0.1) is 0 Å². The van der Waals surface area contributed by atoms with Crippen LogP contribution in [0.3, 0.4) is 0 Å². The number of methoxy groups -OCH3 is 1. The number of hydrogen-bond donors (Lipinski definition) is 0. The van der Waals surface area contributed by atoms with E-state index in [4.69, 9.17) is 16.3 Å². The number of benzene rings is 1. The second-order valence-corrected chi connectivity index (χ2v) is 2.88. The second-order valence-electron chi connectivity index (χ2n) is 2.45. The number of ketones is 1. The second kappa shape index (κ2) is 4.10. The molecule has 0 atom stereocenters. The van der Waals surface area contributed by atoms with E-state index in [1.165, 1.54) is 13.2 Å². The van der Waals surface area contributed by atoms with Crippen LogP contribution in [0.2, 0.25) is 5.02 Å². The summed E-state index contributed by atoms with van der Waals surface area (Å²) >= 11 is 5.76. The van der Waals surface area contributed by atoms with Gasteiger partial charge in [-0.3, -0.25) is 4.79 Å². The van der Waals surface area contributed by atoms with Gasteiger partial charge in [0.25, 0.3) is 0 Å². The summed E-state index contributed by atoms with van der Waals surface area (Å²) < 4.78 is 4.96. The van der Waals surface area contributed by atoms with E-state index in [0.717, 1.165) is 0 Å².